The Morgan fingerprint density at radius 1 is 1.73 bits per heavy atom. The molecule has 1 rings (SSSR count). The van der Waals surface area contributed by atoms with E-state index in [0.717, 1.165) is 10.2 Å². The molecule has 0 saturated heterocycles. The average Bonchev–Trinajstić information content (AvgIpc) is 2.04. The van der Waals surface area contributed by atoms with E-state index in [9.17, 15) is 0 Å². The molecular weight excluding hydrogens is 206 g/mol. The Morgan fingerprint density at radius 2 is 2.45 bits per heavy atom. The second-order valence-electron chi connectivity index (χ2n) is 1.95. The maximum atomic E-state index is 5.58. The second-order valence-corrected chi connectivity index (χ2v) is 2.70. The van der Waals surface area contributed by atoms with Crippen molar-refractivity contribution in [3.63, 3.8) is 0 Å². The number of pyridine rings is 1. The summed E-state index contributed by atoms with van der Waals surface area (Å²) < 4.78 is 0.725. The first-order valence-electron chi connectivity index (χ1n) is 3.09. The molecule has 0 spiro atoms. The zero-order valence-electron chi connectivity index (χ0n) is 6.08. The van der Waals surface area contributed by atoms with Crippen molar-refractivity contribution in [2.45, 2.75) is 0 Å². The van der Waals surface area contributed by atoms with E-state index in [-0.39, 0.29) is 0 Å². The summed E-state index contributed by atoms with van der Waals surface area (Å²) in [6, 6.07) is 3.68. The summed E-state index contributed by atoms with van der Waals surface area (Å²) in [6.45, 7) is 0. The summed E-state index contributed by atoms with van der Waals surface area (Å²) in [5.41, 5.74) is 6.40. The van der Waals surface area contributed by atoms with Gasteiger partial charge in [-0.2, -0.15) is 0 Å². The molecule has 0 unspecified atom stereocenters. The molecule has 0 saturated carbocycles. The summed E-state index contributed by atoms with van der Waals surface area (Å²) in [5, 5.41) is 0. The van der Waals surface area contributed by atoms with Crippen LogP contribution in [0.15, 0.2) is 23.3 Å². The van der Waals surface area contributed by atoms with Crippen molar-refractivity contribution in [1.29, 1.82) is 0 Å². The lowest BCUT2D eigenvalue weighted by Crippen LogP contribution is -1.99. The Morgan fingerprint density at radius 3 is 3.00 bits per heavy atom. The van der Waals surface area contributed by atoms with Gasteiger partial charge in [0.05, 0.1) is 0 Å². The molecule has 58 valence electrons. The minimum absolute atomic E-state index is 0.491. The first-order valence-corrected chi connectivity index (χ1v) is 3.88. The average molecular weight is 214 g/mol. The fourth-order valence-electron chi connectivity index (χ4n) is 0.712. The molecule has 11 heavy (non-hydrogen) atoms. The maximum Gasteiger partial charge on any atom is 0.133 e. The number of anilines is 1. The molecule has 1 heterocycles. The number of hydrogen-bond acceptors (Lipinski definition) is 3. The van der Waals surface area contributed by atoms with Crippen LogP contribution < -0.4 is 5.73 Å². The third-order valence-corrected chi connectivity index (χ3v) is 2.04. The van der Waals surface area contributed by atoms with Crippen LogP contribution >= 0.6 is 15.9 Å². The molecule has 0 aliphatic carbocycles. The Balaban J connectivity index is 3.14. The number of halogens is 1. The number of aromatic nitrogens is 1. The normalized spacial score (nSPS) is 11.6. The van der Waals surface area contributed by atoms with Gasteiger partial charge in [0, 0.05) is 18.8 Å². The Hall–Kier alpha value is -0.900. The zero-order valence-corrected chi connectivity index (χ0v) is 7.67. The van der Waals surface area contributed by atoms with E-state index in [1.807, 2.05) is 12.1 Å². The largest absolute Gasteiger partial charge is 0.383 e. The van der Waals surface area contributed by atoms with Crippen LogP contribution in [0.1, 0.15) is 5.56 Å². The highest BCUT2D eigenvalue weighted by atomic mass is 79.9. The van der Waals surface area contributed by atoms with Crippen molar-refractivity contribution < 1.29 is 0 Å². The quantitative estimate of drug-likeness (QED) is 0.719. The van der Waals surface area contributed by atoms with Crippen LogP contribution in [0.5, 0.6) is 0 Å². The fraction of sp³-hybridized carbons (Fsp3) is 0.143. The van der Waals surface area contributed by atoms with Gasteiger partial charge in [0.15, 0.2) is 0 Å². The van der Waals surface area contributed by atoms with Crippen molar-refractivity contribution in [2.24, 2.45) is 4.99 Å². The van der Waals surface area contributed by atoms with Gasteiger partial charge in [-0.05, 0) is 28.1 Å². The van der Waals surface area contributed by atoms with E-state index in [4.69, 9.17) is 5.73 Å². The molecule has 0 amide bonds. The minimum Gasteiger partial charge on any atom is -0.383 e. The van der Waals surface area contributed by atoms with Gasteiger partial charge in [0.2, 0.25) is 0 Å². The van der Waals surface area contributed by atoms with Crippen molar-refractivity contribution in [3.05, 3.63) is 23.9 Å². The predicted molar refractivity (Wildman–Crippen MR) is 50.0 cm³/mol. The van der Waals surface area contributed by atoms with E-state index in [1.165, 1.54) is 0 Å². The Labute approximate surface area is 73.5 Å². The zero-order chi connectivity index (χ0) is 8.27. The van der Waals surface area contributed by atoms with E-state index in [1.54, 1.807) is 13.2 Å². The SMILES string of the molecule is C/N=C(/Br)c1cccnc1N. The topological polar surface area (TPSA) is 51.3 Å². The summed E-state index contributed by atoms with van der Waals surface area (Å²) >= 11 is 3.27. The predicted octanol–water partition coefficient (Wildman–Crippen LogP) is 1.44. The first-order chi connectivity index (χ1) is 5.25. The number of hydrogen-bond donors (Lipinski definition) is 1. The van der Waals surface area contributed by atoms with Gasteiger partial charge in [0.1, 0.15) is 10.4 Å². The lowest BCUT2D eigenvalue weighted by Gasteiger charge is -1.99. The lowest BCUT2D eigenvalue weighted by molar-refractivity contribution is 1.32. The van der Waals surface area contributed by atoms with Gasteiger partial charge in [-0.15, -0.1) is 0 Å². The van der Waals surface area contributed by atoms with Gasteiger partial charge in [-0.1, -0.05) is 0 Å². The molecule has 4 heteroatoms. The molecule has 0 aliphatic rings. The fourth-order valence-corrected chi connectivity index (χ4v) is 1.05. The molecule has 1 aromatic rings. The maximum absolute atomic E-state index is 5.58. The standard InChI is InChI=1S/C7H8BrN3/c1-10-6(8)5-3-2-4-11-7(5)9/h2-4H,1H3,(H2,9,11)/b10-6+. The smallest absolute Gasteiger partial charge is 0.133 e. The minimum atomic E-state index is 0.491. The van der Waals surface area contributed by atoms with Gasteiger partial charge < -0.3 is 5.73 Å². The summed E-state index contributed by atoms with van der Waals surface area (Å²) in [7, 11) is 1.69. The van der Waals surface area contributed by atoms with Gasteiger partial charge in [-0.25, -0.2) is 4.98 Å². The molecule has 0 radical (unpaired) electrons. The number of nitrogen functional groups attached to an aromatic ring is 1. The molecule has 1 aromatic heterocycles. The number of nitrogens with two attached hydrogens (primary N) is 1. The van der Waals surface area contributed by atoms with Crippen LogP contribution in [0, 0.1) is 0 Å². The third kappa shape index (κ3) is 1.77. The first kappa shape index (κ1) is 8.20. The molecule has 0 bridgehead atoms. The molecule has 0 aliphatic heterocycles. The molecule has 3 nitrogen and oxygen atoms in total. The van der Waals surface area contributed by atoms with Crippen LogP contribution in [0.3, 0.4) is 0 Å². The monoisotopic (exact) mass is 213 g/mol. The number of rotatable bonds is 1. The van der Waals surface area contributed by atoms with Crippen LogP contribution in [0.2, 0.25) is 0 Å². The third-order valence-electron chi connectivity index (χ3n) is 1.26. The van der Waals surface area contributed by atoms with E-state index in [0.29, 0.717) is 5.82 Å². The molecule has 2 N–H and O–H groups in total. The van der Waals surface area contributed by atoms with Crippen molar-refractivity contribution >= 4 is 26.4 Å². The highest BCUT2D eigenvalue weighted by Crippen LogP contribution is 2.11. The second kappa shape index (κ2) is 3.48. The molecular formula is C7H8BrN3. The number of nitrogens with zero attached hydrogens (tertiary/aromatic N) is 2. The summed E-state index contributed by atoms with van der Waals surface area (Å²) in [6.07, 6.45) is 1.65. The highest BCUT2D eigenvalue weighted by Gasteiger charge is 2.01. The molecule has 0 fully saturated rings. The molecule has 0 aromatic carbocycles. The van der Waals surface area contributed by atoms with Gasteiger partial charge in [0.25, 0.3) is 0 Å². The Bertz CT molecular complexity index is 283. The highest BCUT2D eigenvalue weighted by molar-refractivity contribution is 9.18. The van der Waals surface area contributed by atoms with Gasteiger partial charge >= 0.3 is 0 Å². The van der Waals surface area contributed by atoms with E-state index in [2.05, 4.69) is 25.9 Å². The van der Waals surface area contributed by atoms with E-state index >= 15 is 0 Å². The molecule has 0 atom stereocenters. The van der Waals surface area contributed by atoms with E-state index < -0.39 is 0 Å². The number of aliphatic imine (C=N–C) groups is 1. The van der Waals surface area contributed by atoms with Crippen molar-refractivity contribution in [3.8, 4) is 0 Å². The lowest BCUT2D eigenvalue weighted by atomic mass is 10.3. The van der Waals surface area contributed by atoms with Crippen LogP contribution in [0.25, 0.3) is 0 Å². The van der Waals surface area contributed by atoms with Gasteiger partial charge in [-0.3, -0.25) is 4.99 Å². The van der Waals surface area contributed by atoms with Crippen LogP contribution in [-0.2, 0) is 0 Å². The van der Waals surface area contributed by atoms with Crippen molar-refractivity contribution in [1.82, 2.24) is 4.98 Å². The van der Waals surface area contributed by atoms with Crippen LogP contribution in [0.4, 0.5) is 5.82 Å². The summed E-state index contributed by atoms with van der Waals surface area (Å²) in [4.78, 5) is 7.85. The van der Waals surface area contributed by atoms with Crippen LogP contribution in [-0.4, -0.2) is 16.7 Å². The Kier molecular flexibility index (Phi) is 2.59. The summed E-state index contributed by atoms with van der Waals surface area (Å²) in [5.74, 6) is 0.491. The van der Waals surface area contributed by atoms with Crippen molar-refractivity contribution in [2.75, 3.05) is 12.8 Å².